The second-order valence-electron chi connectivity index (χ2n) is 7.87. The highest BCUT2D eigenvalue weighted by molar-refractivity contribution is 6.09. The molecular weight excluding hydrogens is 387 g/mol. The van der Waals surface area contributed by atoms with Gasteiger partial charge in [-0.2, -0.15) is 0 Å². The van der Waals surface area contributed by atoms with Gasteiger partial charge in [-0.1, -0.05) is 36.4 Å². The lowest BCUT2D eigenvalue weighted by molar-refractivity contribution is -0.153. The molecule has 4 atom stereocenters. The summed E-state index contributed by atoms with van der Waals surface area (Å²) >= 11 is 0. The Labute approximate surface area is 174 Å². The molecule has 0 aromatic heterocycles. The minimum atomic E-state index is -1.30. The van der Waals surface area contributed by atoms with Crippen LogP contribution in [-0.4, -0.2) is 41.9 Å². The van der Waals surface area contributed by atoms with Crippen molar-refractivity contribution in [1.29, 1.82) is 0 Å². The van der Waals surface area contributed by atoms with Crippen molar-refractivity contribution in [3.8, 4) is 11.1 Å². The van der Waals surface area contributed by atoms with E-state index in [1.807, 2.05) is 24.3 Å². The molecule has 0 radical (unpaired) electrons. The number of rotatable bonds is 4. The molecule has 2 fully saturated rings. The van der Waals surface area contributed by atoms with E-state index < -0.39 is 29.4 Å². The minimum absolute atomic E-state index is 0.262. The standard InChI is InChI=1S/C23H23FN2O4/c1-4-26-20(27)17-18(21(26)28)23(2,22(29)30-3)25-19(17)15-7-5-13(6-8-15)14-9-11-16(24)12-10-14/h5-12,17-19,25H,4H2,1-3H3/t17-,18-,19-,23-/m1/s1. The molecule has 1 N–H and O–H groups in total. The van der Waals surface area contributed by atoms with E-state index in [-0.39, 0.29) is 24.2 Å². The van der Waals surface area contributed by atoms with Gasteiger partial charge < -0.3 is 4.74 Å². The molecule has 2 heterocycles. The van der Waals surface area contributed by atoms with Crippen LogP contribution >= 0.6 is 0 Å². The maximum Gasteiger partial charge on any atom is 0.326 e. The van der Waals surface area contributed by atoms with E-state index in [9.17, 15) is 18.8 Å². The zero-order valence-corrected chi connectivity index (χ0v) is 17.0. The van der Waals surface area contributed by atoms with Gasteiger partial charge in [0.2, 0.25) is 11.8 Å². The summed E-state index contributed by atoms with van der Waals surface area (Å²) in [4.78, 5) is 39.7. The van der Waals surface area contributed by atoms with Crippen molar-refractivity contribution in [2.75, 3.05) is 13.7 Å². The van der Waals surface area contributed by atoms with Crippen LogP contribution in [0.3, 0.4) is 0 Å². The minimum Gasteiger partial charge on any atom is -0.468 e. The van der Waals surface area contributed by atoms with Crippen molar-refractivity contribution in [2.45, 2.75) is 25.4 Å². The number of likely N-dealkylation sites (tertiary alicyclic amines) is 1. The molecule has 2 amide bonds. The Hall–Kier alpha value is -3.06. The predicted octanol–water partition coefficient (Wildman–Crippen LogP) is 2.69. The normalized spacial score (nSPS) is 28.0. The highest BCUT2D eigenvalue weighted by Gasteiger charge is 2.66. The second-order valence-corrected chi connectivity index (χ2v) is 7.87. The van der Waals surface area contributed by atoms with Crippen molar-refractivity contribution in [1.82, 2.24) is 10.2 Å². The molecule has 2 aromatic rings. The molecule has 4 rings (SSSR count). The smallest absolute Gasteiger partial charge is 0.326 e. The van der Waals surface area contributed by atoms with Crippen LogP contribution in [0.25, 0.3) is 11.1 Å². The van der Waals surface area contributed by atoms with Gasteiger partial charge in [0.05, 0.1) is 18.9 Å². The fourth-order valence-electron chi connectivity index (χ4n) is 4.72. The van der Waals surface area contributed by atoms with Gasteiger partial charge in [-0.05, 0) is 42.7 Å². The van der Waals surface area contributed by atoms with Crippen molar-refractivity contribution >= 4 is 17.8 Å². The summed E-state index contributed by atoms with van der Waals surface area (Å²) in [6, 6.07) is 13.2. The van der Waals surface area contributed by atoms with Crippen molar-refractivity contribution in [3.63, 3.8) is 0 Å². The number of nitrogens with one attached hydrogen (secondary N) is 1. The van der Waals surface area contributed by atoms with Crippen LogP contribution in [0.5, 0.6) is 0 Å². The van der Waals surface area contributed by atoms with E-state index in [4.69, 9.17) is 4.74 Å². The van der Waals surface area contributed by atoms with Crippen LogP contribution in [-0.2, 0) is 19.1 Å². The van der Waals surface area contributed by atoms with E-state index >= 15 is 0 Å². The van der Waals surface area contributed by atoms with Crippen molar-refractivity contribution < 1.29 is 23.5 Å². The third kappa shape index (κ3) is 2.92. The van der Waals surface area contributed by atoms with E-state index in [2.05, 4.69) is 5.32 Å². The molecule has 30 heavy (non-hydrogen) atoms. The molecule has 2 aromatic carbocycles. The molecule has 0 unspecified atom stereocenters. The van der Waals surface area contributed by atoms with Crippen molar-refractivity contribution in [2.24, 2.45) is 11.8 Å². The summed E-state index contributed by atoms with van der Waals surface area (Å²) in [5, 5.41) is 3.22. The molecule has 2 aliphatic rings. The zero-order chi connectivity index (χ0) is 21.6. The Morgan fingerprint density at radius 1 is 1.07 bits per heavy atom. The maximum absolute atomic E-state index is 13.2. The van der Waals surface area contributed by atoms with E-state index in [0.29, 0.717) is 0 Å². The number of methoxy groups -OCH3 is 1. The van der Waals surface area contributed by atoms with Gasteiger partial charge in [-0.25, -0.2) is 4.39 Å². The summed E-state index contributed by atoms with van der Waals surface area (Å²) < 4.78 is 18.1. The number of hydrogen-bond donors (Lipinski definition) is 1. The monoisotopic (exact) mass is 410 g/mol. The molecule has 2 saturated heterocycles. The fraction of sp³-hybridized carbons (Fsp3) is 0.348. The Bertz CT molecular complexity index is 1000. The third-order valence-corrected chi connectivity index (χ3v) is 6.25. The average molecular weight is 410 g/mol. The zero-order valence-electron chi connectivity index (χ0n) is 17.0. The number of amides is 2. The molecule has 2 aliphatic heterocycles. The van der Waals surface area contributed by atoms with Gasteiger partial charge >= 0.3 is 5.97 Å². The molecule has 0 bridgehead atoms. The number of esters is 1. The Morgan fingerprint density at radius 3 is 2.17 bits per heavy atom. The lowest BCUT2D eigenvalue weighted by atomic mass is 9.80. The fourth-order valence-corrected chi connectivity index (χ4v) is 4.72. The molecule has 0 aliphatic carbocycles. The number of halogens is 1. The Kier molecular flexibility index (Phi) is 4.94. The maximum atomic E-state index is 13.2. The van der Waals surface area contributed by atoms with Crippen LogP contribution in [0.1, 0.15) is 25.5 Å². The summed E-state index contributed by atoms with van der Waals surface area (Å²) in [6.45, 7) is 3.62. The first-order chi connectivity index (χ1) is 14.3. The average Bonchev–Trinajstić information content (AvgIpc) is 3.21. The first-order valence-corrected chi connectivity index (χ1v) is 9.89. The molecule has 7 heteroatoms. The Balaban J connectivity index is 1.71. The van der Waals surface area contributed by atoms with Crippen LogP contribution in [0.15, 0.2) is 48.5 Å². The van der Waals surface area contributed by atoms with E-state index in [0.717, 1.165) is 16.7 Å². The first kappa shape index (κ1) is 20.2. The number of imide groups is 1. The number of ether oxygens (including phenoxy) is 1. The lowest BCUT2D eigenvalue weighted by Gasteiger charge is -2.28. The molecule has 0 saturated carbocycles. The number of fused-ring (bicyclic) bond motifs is 1. The van der Waals surface area contributed by atoms with Gasteiger partial charge in [-0.15, -0.1) is 0 Å². The van der Waals surface area contributed by atoms with Crippen LogP contribution in [0, 0.1) is 17.7 Å². The molecular formula is C23H23FN2O4. The van der Waals surface area contributed by atoms with Crippen LogP contribution in [0.2, 0.25) is 0 Å². The summed E-state index contributed by atoms with van der Waals surface area (Å²) in [5.41, 5.74) is 1.26. The van der Waals surface area contributed by atoms with Crippen LogP contribution in [0.4, 0.5) is 4.39 Å². The topological polar surface area (TPSA) is 75.7 Å². The van der Waals surface area contributed by atoms with E-state index in [1.54, 1.807) is 26.0 Å². The summed E-state index contributed by atoms with van der Waals surface area (Å²) in [6.07, 6.45) is 0. The quantitative estimate of drug-likeness (QED) is 0.620. The first-order valence-electron chi connectivity index (χ1n) is 9.89. The molecule has 156 valence electrons. The number of benzene rings is 2. The van der Waals surface area contributed by atoms with Gasteiger partial charge in [-0.3, -0.25) is 24.6 Å². The largest absolute Gasteiger partial charge is 0.468 e. The predicted molar refractivity (Wildman–Crippen MR) is 108 cm³/mol. The van der Waals surface area contributed by atoms with Gasteiger partial charge in [0, 0.05) is 12.6 Å². The number of nitrogens with zero attached hydrogens (tertiary/aromatic N) is 1. The highest BCUT2D eigenvalue weighted by Crippen LogP contribution is 2.49. The second kappa shape index (κ2) is 7.32. The van der Waals surface area contributed by atoms with Gasteiger partial charge in [0.25, 0.3) is 0 Å². The number of hydrogen-bond acceptors (Lipinski definition) is 5. The molecule has 6 nitrogen and oxygen atoms in total. The van der Waals surface area contributed by atoms with Crippen molar-refractivity contribution in [3.05, 3.63) is 59.9 Å². The molecule has 0 spiro atoms. The number of carbonyl (C=O) groups excluding carboxylic acids is 3. The summed E-state index contributed by atoms with van der Waals surface area (Å²) in [5.74, 6) is -3.00. The van der Waals surface area contributed by atoms with Gasteiger partial charge in [0.15, 0.2) is 0 Å². The van der Waals surface area contributed by atoms with Crippen LogP contribution < -0.4 is 5.32 Å². The number of carbonyl (C=O) groups is 3. The lowest BCUT2D eigenvalue weighted by Crippen LogP contribution is -2.53. The van der Waals surface area contributed by atoms with Gasteiger partial charge in [0.1, 0.15) is 11.4 Å². The highest BCUT2D eigenvalue weighted by atomic mass is 19.1. The summed E-state index contributed by atoms with van der Waals surface area (Å²) in [7, 11) is 1.27. The Morgan fingerprint density at radius 2 is 1.63 bits per heavy atom. The SMILES string of the molecule is CCN1C(=O)[C@H]2[C@@H](c3ccc(-c4ccc(F)cc4)cc3)N[C@@](C)(C(=O)OC)[C@H]2C1=O. The van der Waals surface area contributed by atoms with E-state index in [1.165, 1.54) is 24.1 Å². The third-order valence-electron chi connectivity index (χ3n) is 6.25.